The molecule has 0 radical (unpaired) electrons. The van der Waals surface area contributed by atoms with Crippen molar-refractivity contribution in [1.82, 2.24) is 0 Å². The van der Waals surface area contributed by atoms with Gasteiger partial charge in [0.1, 0.15) is 5.75 Å². The van der Waals surface area contributed by atoms with Crippen molar-refractivity contribution in [3.8, 4) is 5.75 Å². The number of benzene rings is 2. The summed E-state index contributed by atoms with van der Waals surface area (Å²) in [5.41, 5.74) is 8.55. The van der Waals surface area contributed by atoms with Crippen LogP contribution >= 0.6 is 22.6 Å². The van der Waals surface area contributed by atoms with E-state index in [0.29, 0.717) is 18.0 Å². The fraction of sp³-hybridized carbons (Fsp3) is 0.143. The Bertz CT molecular complexity index is 543. The van der Waals surface area contributed by atoms with E-state index >= 15 is 0 Å². The first-order valence-electron chi connectivity index (χ1n) is 5.74. The van der Waals surface area contributed by atoms with Gasteiger partial charge in [-0.3, -0.25) is 0 Å². The van der Waals surface area contributed by atoms with Gasteiger partial charge in [0, 0.05) is 15.3 Å². The van der Waals surface area contributed by atoms with E-state index < -0.39 is 0 Å². The van der Waals surface area contributed by atoms with E-state index in [1.807, 2.05) is 43.3 Å². The molecule has 0 aliphatic rings. The van der Waals surface area contributed by atoms with Crippen molar-refractivity contribution < 1.29 is 4.74 Å². The van der Waals surface area contributed by atoms with Crippen LogP contribution in [0.2, 0.25) is 0 Å². The molecule has 2 aromatic rings. The van der Waals surface area contributed by atoms with Gasteiger partial charge in [-0.25, -0.2) is 0 Å². The first-order valence-corrected chi connectivity index (χ1v) is 6.82. The van der Waals surface area contributed by atoms with Crippen molar-refractivity contribution in [2.75, 3.05) is 17.7 Å². The lowest BCUT2D eigenvalue weighted by molar-refractivity contribution is 0.342. The van der Waals surface area contributed by atoms with E-state index in [0.717, 1.165) is 11.4 Å². The molecule has 94 valence electrons. The molecule has 0 aromatic heterocycles. The molecular formula is C14H15IN2O. The molecule has 0 saturated heterocycles. The van der Waals surface area contributed by atoms with Crippen molar-refractivity contribution in [3.05, 3.63) is 46.0 Å². The van der Waals surface area contributed by atoms with E-state index in [4.69, 9.17) is 10.5 Å². The maximum atomic E-state index is 5.84. The summed E-state index contributed by atoms with van der Waals surface area (Å²) < 4.78 is 6.65. The fourth-order valence-corrected chi connectivity index (χ4v) is 2.13. The summed E-state index contributed by atoms with van der Waals surface area (Å²) >= 11 is 2.30. The highest BCUT2D eigenvalue weighted by Gasteiger charge is 2.03. The second kappa shape index (κ2) is 5.95. The lowest BCUT2D eigenvalue weighted by Crippen LogP contribution is -1.99. The van der Waals surface area contributed by atoms with Gasteiger partial charge in [0.25, 0.3) is 0 Å². The predicted octanol–water partition coefficient (Wildman–Crippen LogP) is 4.02. The van der Waals surface area contributed by atoms with Crippen molar-refractivity contribution >= 4 is 39.7 Å². The third kappa shape index (κ3) is 3.07. The molecule has 4 heteroatoms. The van der Waals surface area contributed by atoms with E-state index in [2.05, 4.69) is 34.0 Å². The number of nitrogens with two attached hydrogens (primary N) is 1. The molecule has 18 heavy (non-hydrogen) atoms. The maximum Gasteiger partial charge on any atom is 0.144 e. The second-order valence-corrected chi connectivity index (χ2v) is 4.95. The van der Waals surface area contributed by atoms with Crippen molar-refractivity contribution in [2.24, 2.45) is 0 Å². The third-order valence-corrected chi connectivity index (χ3v) is 3.41. The highest BCUT2D eigenvalue weighted by Crippen LogP contribution is 2.28. The van der Waals surface area contributed by atoms with Crippen LogP contribution in [-0.2, 0) is 0 Å². The molecule has 0 aliphatic carbocycles. The molecule has 0 heterocycles. The average molecular weight is 354 g/mol. The van der Waals surface area contributed by atoms with Crippen LogP contribution in [0.15, 0.2) is 42.5 Å². The molecule has 3 nitrogen and oxygen atoms in total. The Kier molecular flexibility index (Phi) is 4.30. The van der Waals surface area contributed by atoms with Gasteiger partial charge in [-0.1, -0.05) is 12.1 Å². The number of halogens is 1. The third-order valence-electron chi connectivity index (χ3n) is 2.47. The number of nitrogen functional groups attached to an aromatic ring is 1. The number of rotatable bonds is 4. The van der Waals surface area contributed by atoms with E-state index in [9.17, 15) is 0 Å². The summed E-state index contributed by atoms with van der Waals surface area (Å²) in [6.07, 6.45) is 0. The van der Waals surface area contributed by atoms with Gasteiger partial charge >= 0.3 is 0 Å². The smallest absolute Gasteiger partial charge is 0.144 e. The lowest BCUT2D eigenvalue weighted by atomic mass is 10.2. The number of para-hydroxylation sites is 1. The van der Waals surface area contributed by atoms with Gasteiger partial charge in [-0.15, -0.1) is 0 Å². The average Bonchev–Trinajstić information content (AvgIpc) is 2.36. The molecule has 3 N–H and O–H groups in total. The molecular weight excluding hydrogens is 339 g/mol. The standard InChI is InChI=1S/C14H15IN2O/c1-2-18-14-9-10(7-8-12(14)16)17-13-6-4-3-5-11(13)15/h3-9,17H,2,16H2,1H3. The number of ether oxygens (including phenoxy) is 1. The number of hydrogen-bond donors (Lipinski definition) is 2. The zero-order chi connectivity index (χ0) is 13.0. The molecule has 0 bridgehead atoms. The lowest BCUT2D eigenvalue weighted by Gasteiger charge is -2.12. The highest BCUT2D eigenvalue weighted by molar-refractivity contribution is 14.1. The summed E-state index contributed by atoms with van der Waals surface area (Å²) in [6.45, 7) is 2.55. The Morgan fingerprint density at radius 2 is 2.00 bits per heavy atom. The monoisotopic (exact) mass is 354 g/mol. The molecule has 0 atom stereocenters. The maximum absolute atomic E-state index is 5.84. The fourth-order valence-electron chi connectivity index (χ4n) is 1.61. The Morgan fingerprint density at radius 1 is 1.22 bits per heavy atom. The Balaban J connectivity index is 2.24. The summed E-state index contributed by atoms with van der Waals surface area (Å²) in [5.74, 6) is 0.716. The molecule has 0 spiro atoms. The second-order valence-electron chi connectivity index (χ2n) is 3.79. The largest absolute Gasteiger partial charge is 0.492 e. The molecule has 2 rings (SSSR count). The van der Waals surface area contributed by atoms with Crippen LogP contribution in [0.4, 0.5) is 17.1 Å². The highest BCUT2D eigenvalue weighted by atomic mass is 127. The first-order chi connectivity index (χ1) is 8.70. The van der Waals surface area contributed by atoms with E-state index in [1.54, 1.807) is 0 Å². The van der Waals surface area contributed by atoms with Crippen LogP contribution in [0, 0.1) is 3.57 Å². The van der Waals surface area contributed by atoms with Crippen molar-refractivity contribution in [2.45, 2.75) is 6.92 Å². The van der Waals surface area contributed by atoms with Crippen LogP contribution in [0.3, 0.4) is 0 Å². The summed E-state index contributed by atoms with van der Waals surface area (Å²) in [4.78, 5) is 0. The van der Waals surface area contributed by atoms with Gasteiger partial charge in [0.05, 0.1) is 18.0 Å². The normalized spacial score (nSPS) is 10.1. The SMILES string of the molecule is CCOc1cc(Nc2ccccc2I)ccc1N. The van der Waals surface area contributed by atoms with Gasteiger partial charge in [0.2, 0.25) is 0 Å². The molecule has 0 aliphatic heterocycles. The van der Waals surface area contributed by atoms with Crippen LogP contribution in [0.1, 0.15) is 6.92 Å². The quantitative estimate of drug-likeness (QED) is 0.644. The van der Waals surface area contributed by atoms with E-state index in [-0.39, 0.29) is 0 Å². The van der Waals surface area contributed by atoms with Crippen molar-refractivity contribution in [1.29, 1.82) is 0 Å². The molecule has 2 aromatic carbocycles. The molecule has 0 amide bonds. The van der Waals surface area contributed by atoms with Gasteiger partial charge in [0.15, 0.2) is 0 Å². The zero-order valence-electron chi connectivity index (χ0n) is 10.1. The Morgan fingerprint density at radius 3 is 2.72 bits per heavy atom. The minimum absolute atomic E-state index is 0.608. The summed E-state index contributed by atoms with van der Waals surface area (Å²) in [7, 11) is 0. The molecule has 0 fully saturated rings. The van der Waals surface area contributed by atoms with Crippen LogP contribution in [-0.4, -0.2) is 6.61 Å². The molecule has 0 saturated carbocycles. The van der Waals surface area contributed by atoms with Crippen molar-refractivity contribution in [3.63, 3.8) is 0 Å². The summed E-state index contributed by atoms with van der Waals surface area (Å²) in [6, 6.07) is 13.8. The predicted molar refractivity (Wildman–Crippen MR) is 84.5 cm³/mol. The van der Waals surface area contributed by atoms with Crippen LogP contribution < -0.4 is 15.8 Å². The minimum Gasteiger partial charge on any atom is -0.492 e. The Labute approximate surface area is 120 Å². The van der Waals surface area contributed by atoms with Gasteiger partial charge < -0.3 is 15.8 Å². The number of hydrogen-bond acceptors (Lipinski definition) is 3. The van der Waals surface area contributed by atoms with Gasteiger partial charge in [-0.2, -0.15) is 0 Å². The topological polar surface area (TPSA) is 47.3 Å². The first kappa shape index (κ1) is 13.0. The number of anilines is 3. The minimum atomic E-state index is 0.608. The van der Waals surface area contributed by atoms with E-state index in [1.165, 1.54) is 3.57 Å². The van der Waals surface area contributed by atoms with Gasteiger partial charge in [-0.05, 0) is 53.8 Å². The zero-order valence-corrected chi connectivity index (χ0v) is 12.3. The van der Waals surface area contributed by atoms with Crippen LogP contribution in [0.25, 0.3) is 0 Å². The summed E-state index contributed by atoms with van der Waals surface area (Å²) in [5, 5.41) is 3.36. The molecule has 0 unspecified atom stereocenters. The van der Waals surface area contributed by atoms with Crippen LogP contribution in [0.5, 0.6) is 5.75 Å². The Hall–Kier alpha value is -1.43. The number of nitrogens with one attached hydrogen (secondary N) is 1.